The zero-order chi connectivity index (χ0) is 19.1. The summed E-state index contributed by atoms with van der Waals surface area (Å²) in [5.74, 6) is -0.111. The molecule has 0 aliphatic carbocycles. The number of ether oxygens (including phenoxy) is 2. The molecule has 3 rings (SSSR count). The summed E-state index contributed by atoms with van der Waals surface area (Å²) in [5.41, 5.74) is 3.51. The van der Waals surface area contributed by atoms with Crippen molar-refractivity contribution < 1.29 is 19.4 Å². The zero-order valence-corrected chi connectivity index (χ0v) is 16.0. The van der Waals surface area contributed by atoms with Gasteiger partial charge in [-0.15, -0.1) is 0 Å². The van der Waals surface area contributed by atoms with E-state index in [9.17, 15) is 9.90 Å². The lowest BCUT2D eigenvalue weighted by atomic mass is 9.97. The Kier molecular flexibility index (Phi) is 4.80. The Morgan fingerprint density at radius 1 is 1.38 bits per heavy atom. The molecular weight excluding hydrogens is 332 g/mol. The van der Waals surface area contributed by atoms with Crippen LogP contribution < -0.4 is 4.74 Å². The van der Waals surface area contributed by atoms with Crippen LogP contribution in [-0.2, 0) is 23.0 Å². The molecule has 0 saturated carbocycles. The summed E-state index contributed by atoms with van der Waals surface area (Å²) >= 11 is 0. The number of aliphatic carboxylic acids is 1. The van der Waals surface area contributed by atoms with Crippen LogP contribution in [0, 0.1) is 6.92 Å². The predicted molar refractivity (Wildman–Crippen MR) is 98.4 cm³/mol. The van der Waals surface area contributed by atoms with E-state index < -0.39 is 17.7 Å². The molecule has 6 nitrogen and oxygen atoms in total. The van der Waals surface area contributed by atoms with E-state index in [1.165, 1.54) is 0 Å². The highest BCUT2D eigenvalue weighted by Crippen LogP contribution is 2.37. The van der Waals surface area contributed by atoms with E-state index in [1.807, 2.05) is 46.9 Å². The highest BCUT2D eigenvalue weighted by molar-refractivity contribution is 5.80. The highest BCUT2D eigenvalue weighted by Gasteiger charge is 2.33. The smallest absolute Gasteiger partial charge is 0.337 e. The first-order valence-electron chi connectivity index (χ1n) is 8.87. The van der Waals surface area contributed by atoms with Gasteiger partial charge < -0.3 is 14.6 Å². The van der Waals surface area contributed by atoms with Crippen molar-refractivity contribution in [2.45, 2.75) is 52.2 Å². The lowest BCUT2D eigenvalue weighted by Crippen LogP contribution is -2.28. The largest absolute Gasteiger partial charge is 0.493 e. The van der Waals surface area contributed by atoms with E-state index >= 15 is 0 Å². The van der Waals surface area contributed by atoms with Gasteiger partial charge in [0.05, 0.1) is 23.6 Å². The number of fused-ring (bicyclic) bond motifs is 1. The van der Waals surface area contributed by atoms with Gasteiger partial charge in [0.15, 0.2) is 6.10 Å². The maximum atomic E-state index is 12.0. The van der Waals surface area contributed by atoms with Crippen molar-refractivity contribution in [2.24, 2.45) is 7.05 Å². The van der Waals surface area contributed by atoms with Crippen LogP contribution in [0.25, 0.3) is 11.3 Å². The van der Waals surface area contributed by atoms with E-state index in [1.54, 1.807) is 4.68 Å². The van der Waals surface area contributed by atoms with Crippen LogP contribution in [-0.4, -0.2) is 33.1 Å². The van der Waals surface area contributed by atoms with Gasteiger partial charge in [-0.3, -0.25) is 4.68 Å². The molecule has 26 heavy (non-hydrogen) atoms. The molecule has 6 heteroatoms. The first-order chi connectivity index (χ1) is 12.2. The molecule has 0 radical (unpaired) electrons. The van der Waals surface area contributed by atoms with Gasteiger partial charge >= 0.3 is 5.97 Å². The molecule has 140 valence electrons. The SMILES string of the molecule is Cc1nn(C)c(-c2ccc3c(c2)CCCO3)c1C(OC(C)(C)C)C(=O)O. The highest BCUT2D eigenvalue weighted by atomic mass is 16.5. The molecule has 1 aromatic heterocycles. The minimum absolute atomic E-state index is 0.591. The number of carboxylic acid groups (broad SMARTS) is 1. The monoisotopic (exact) mass is 358 g/mol. The van der Waals surface area contributed by atoms with Gasteiger partial charge in [0.2, 0.25) is 0 Å². The number of nitrogens with zero attached hydrogens (tertiary/aromatic N) is 2. The van der Waals surface area contributed by atoms with Gasteiger partial charge in [0.1, 0.15) is 5.75 Å². The molecule has 1 unspecified atom stereocenters. The average molecular weight is 358 g/mol. The maximum Gasteiger partial charge on any atom is 0.337 e. The van der Waals surface area contributed by atoms with Gasteiger partial charge in [-0.2, -0.15) is 5.10 Å². The molecule has 0 bridgehead atoms. The fourth-order valence-electron chi connectivity index (χ4n) is 3.42. The third-order valence-corrected chi connectivity index (χ3v) is 4.41. The molecule has 1 aliphatic rings. The number of benzene rings is 1. The van der Waals surface area contributed by atoms with Gasteiger partial charge in [-0.1, -0.05) is 0 Å². The van der Waals surface area contributed by atoms with Gasteiger partial charge in [0, 0.05) is 18.2 Å². The van der Waals surface area contributed by atoms with Gasteiger partial charge in [-0.25, -0.2) is 4.79 Å². The molecule has 0 spiro atoms. The van der Waals surface area contributed by atoms with Crippen molar-refractivity contribution in [3.63, 3.8) is 0 Å². The predicted octanol–water partition coefficient (Wildman–Crippen LogP) is 3.66. The zero-order valence-electron chi connectivity index (χ0n) is 16.0. The molecular formula is C20H26N2O4. The molecule has 1 aliphatic heterocycles. The Hall–Kier alpha value is -2.34. The van der Waals surface area contributed by atoms with E-state index in [4.69, 9.17) is 9.47 Å². The van der Waals surface area contributed by atoms with Crippen molar-refractivity contribution >= 4 is 5.97 Å². The van der Waals surface area contributed by atoms with E-state index in [0.717, 1.165) is 42.0 Å². The van der Waals surface area contributed by atoms with Gasteiger partial charge in [-0.05, 0) is 64.3 Å². The fourth-order valence-corrected chi connectivity index (χ4v) is 3.42. The summed E-state index contributed by atoms with van der Waals surface area (Å²) in [7, 11) is 1.83. The topological polar surface area (TPSA) is 73.6 Å². The third-order valence-electron chi connectivity index (χ3n) is 4.41. The van der Waals surface area contributed by atoms with E-state index in [-0.39, 0.29) is 0 Å². The summed E-state index contributed by atoms with van der Waals surface area (Å²) in [6.07, 6.45) is 0.861. The number of rotatable bonds is 4. The van der Waals surface area contributed by atoms with E-state index in [2.05, 4.69) is 11.2 Å². The summed E-state index contributed by atoms with van der Waals surface area (Å²) in [6, 6.07) is 5.99. The van der Waals surface area contributed by atoms with Crippen molar-refractivity contribution in [3.05, 3.63) is 35.0 Å². The van der Waals surface area contributed by atoms with Crippen molar-refractivity contribution in [1.29, 1.82) is 0 Å². The molecule has 2 aromatic rings. The van der Waals surface area contributed by atoms with Crippen LogP contribution in [0.1, 0.15) is 50.1 Å². The fraction of sp³-hybridized carbons (Fsp3) is 0.500. The minimum atomic E-state index is -1.08. The first kappa shape index (κ1) is 18.5. The molecule has 0 fully saturated rings. The van der Waals surface area contributed by atoms with Crippen LogP contribution in [0.5, 0.6) is 5.75 Å². The van der Waals surface area contributed by atoms with Gasteiger partial charge in [0.25, 0.3) is 0 Å². The molecule has 1 N–H and O–H groups in total. The van der Waals surface area contributed by atoms with Crippen LogP contribution in [0.3, 0.4) is 0 Å². The number of aromatic nitrogens is 2. The Bertz CT molecular complexity index is 833. The van der Waals surface area contributed by atoms with Crippen LogP contribution >= 0.6 is 0 Å². The number of hydrogen-bond acceptors (Lipinski definition) is 4. The van der Waals surface area contributed by atoms with Crippen molar-refractivity contribution in [2.75, 3.05) is 6.61 Å². The van der Waals surface area contributed by atoms with Crippen LogP contribution in [0.2, 0.25) is 0 Å². The van der Waals surface area contributed by atoms with Crippen molar-refractivity contribution in [3.8, 4) is 17.0 Å². The Balaban J connectivity index is 2.12. The second-order valence-electron chi connectivity index (χ2n) is 7.69. The summed E-state index contributed by atoms with van der Waals surface area (Å²) in [6.45, 7) is 8.12. The summed E-state index contributed by atoms with van der Waals surface area (Å²) in [5, 5.41) is 14.3. The summed E-state index contributed by atoms with van der Waals surface area (Å²) in [4.78, 5) is 12.0. The molecule has 1 atom stereocenters. The number of aryl methyl sites for hydroxylation is 3. The molecule has 2 heterocycles. The van der Waals surface area contributed by atoms with Crippen molar-refractivity contribution in [1.82, 2.24) is 9.78 Å². The minimum Gasteiger partial charge on any atom is -0.493 e. The second kappa shape index (κ2) is 6.76. The molecule has 0 amide bonds. The average Bonchev–Trinajstić information content (AvgIpc) is 2.85. The van der Waals surface area contributed by atoms with E-state index in [0.29, 0.717) is 11.3 Å². The first-order valence-corrected chi connectivity index (χ1v) is 8.87. The van der Waals surface area contributed by atoms with Crippen LogP contribution in [0.4, 0.5) is 0 Å². The maximum absolute atomic E-state index is 12.0. The summed E-state index contributed by atoms with van der Waals surface area (Å²) < 4.78 is 13.3. The Morgan fingerprint density at radius 2 is 2.12 bits per heavy atom. The van der Waals surface area contributed by atoms with Crippen LogP contribution in [0.15, 0.2) is 18.2 Å². The normalized spacial score (nSPS) is 15.3. The lowest BCUT2D eigenvalue weighted by Gasteiger charge is -2.26. The third kappa shape index (κ3) is 3.60. The number of carboxylic acids is 1. The number of hydrogen-bond donors (Lipinski definition) is 1. The second-order valence-corrected chi connectivity index (χ2v) is 7.69. The Labute approximate surface area is 153 Å². The quantitative estimate of drug-likeness (QED) is 0.903. The Morgan fingerprint density at radius 3 is 2.77 bits per heavy atom. The standard InChI is InChI=1S/C20H26N2O4/c1-12-16(18(19(23)24)26-20(2,3)4)17(22(5)21-12)14-8-9-15-13(11-14)7-6-10-25-15/h8-9,11,18H,6-7,10H2,1-5H3,(H,23,24). The lowest BCUT2D eigenvalue weighted by molar-refractivity contribution is -0.160. The number of carbonyl (C=O) groups is 1. The molecule has 1 aromatic carbocycles. The molecule has 0 saturated heterocycles.